The normalized spacial score (nSPS) is 25.1. The SMILES string of the molecule is O=C([C@H]1S[C@@H](n2cnc3c(NCc4cccc(I)c4)nc(Cl)nc32)[C@H](O)[C@@H]1O)N1CCCCC1. The van der Waals surface area contributed by atoms with Gasteiger partial charge in [0.25, 0.3) is 0 Å². The van der Waals surface area contributed by atoms with Crippen LogP contribution in [0.15, 0.2) is 30.6 Å². The highest BCUT2D eigenvalue weighted by molar-refractivity contribution is 14.1. The molecule has 0 bridgehead atoms. The number of fused-ring (bicyclic) bond motifs is 1. The van der Waals surface area contributed by atoms with Gasteiger partial charge in [0.05, 0.1) is 6.33 Å². The maximum atomic E-state index is 13.0. The molecule has 4 atom stereocenters. The molecule has 1 amide bonds. The molecule has 1 aromatic carbocycles. The lowest BCUT2D eigenvalue weighted by Gasteiger charge is -2.29. The van der Waals surface area contributed by atoms with Crippen LogP contribution in [0.2, 0.25) is 5.28 Å². The van der Waals surface area contributed by atoms with Gasteiger partial charge in [-0.3, -0.25) is 9.36 Å². The first-order chi connectivity index (χ1) is 16.4. The first kappa shape index (κ1) is 24.0. The molecule has 12 heteroatoms. The Hall–Kier alpha value is -1.67. The summed E-state index contributed by atoms with van der Waals surface area (Å²) in [7, 11) is 0. The quantitative estimate of drug-likeness (QED) is 0.297. The lowest BCUT2D eigenvalue weighted by molar-refractivity contribution is -0.134. The molecule has 180 valence electrons. The molecule has 3 aromatic rings. The Morgan fingerprint density at radius 2 is 2.00 bits per heavy atom. The zero-order valence-corrected chi connectivity index (χ0v) is 21.9. The van der Waals surface area contributed by atoms with Crippen molar-refractivity contribution in [2.45, 2.75) is 48.6 Å². The van der Waals surface area contributed by atoms with Crippen LogP contribution in [0.4, 0.5) is 5.82 Å². The van der Waals surface area contributed by atoms with E-state index < -0.39 is 22.8 Å². The Balaban J connectivity index is 1.40. The molecule has 2 aliphatic heterocycles. The number of rotatable bonds is 5. The second kappa shape index (κ2) is 10.1. The summed E-state index contributed by atoms with van der Waals surface area (Å²) in [4.78, 5) is 27.9. The minimum absolute atomic E-state index is 0.0402. The van der Waals surface area contributed by atoms with Crippen molar-refractivity contribution in [1.29, 1.82) is 0 Å². The molecule has 2 aliphatic rings. The summed E-state index contributed by atoms with van der Waals surface area (Å²) in [5, 5.41) is 23.5. The number of likely N-dealkylation sites (tertiary alicyclic amines) is 1. The first-order valence-corrected chi connectivity index (χ1v) is 13.5. The number of halogens is 2. The molecule has 9 nitrogen and oxygen atoms in total. The van der Waals surface area contributed by atoms with Gasteiger partial charge in [-0.15, -0.1) is 11.8 Å². The molecular weight excluding hydrogens is 591 g/mol. The van der Waals surface area contributed by atoms with Gasteiger partial charge in [0.15, 0.2) is 17.0 Å². The van der Waals surface area contributed by atoms with E-state index in [4.69, 9.17) is 11.6 Å². The van der Waals surface area contributed by atoms with E-state index >= 15 is 0 Å². The number of nitrogens with zero attached hydrogens (tertiary/aromatic N) is 5. The fraction of sp³-hybridized carbons (Fsp3) is 0.455. The Labute approximate surface area is 219 Å². The number of carbonyl (C=O) groups is 1. The number of imidazole rings is 1. The molecule has 5 rings (SSSR count). The Kier molecular flexibility index (Phi) is 7.17. The summed E-state index contributed by atoms with van der Waals surface area (Å²) in [5.41, 5.74) is 2.02. The minimum Gasteiger partial charge on any atom is -0.389 e. The number of aliphatic hydroxyl groups is 2. The van der Waals surface area contributed by atoms with E-state index in [1.807, 2.05) is 18.2 Å². The van der Waals surface area contributed by atoms with Gasteiger partial charge in [-0.05, 0) is 71.2 Å². The van der Waals surface area contributed by atoms with E-state index in [1.54, 1.807) is 15.8 Å². The second-order valence-electron chi connectivity index (χ2n) is 8.46. The van der Waals surface area contributed by atoms with E-state index in [1.165, 1.54) is 11.8 Å². The molecule has 2 saturated heterocycles. The van der Waals surface area contributed by atoms with Crippen LogP contribution in [0.3, 0.4) is 0 Å². The van der Waals surface area contributed by atoms with Crippen molar-refractivity contribution < 1.29 is 15.0 Å². The zero-order chi connectivity index (χ0) is 23.8. The highest BCUT2D eigenvalue weighted by atomic mass is 127. The van der Waals surface area contributed by atoms with Crippen LogP contribution >= 0.6 is 46.0 Å². The van der Waals surface area contributed by atoms with E-state index in [0.29, 0.717) is 36.6 Å². The van der Waals surface area contributed by atoms with Gasteiger partial charge < -0.3 is 20.4 Å². The first-order valence-electron chi connectivity index (χ1n) is 11.1. The summed E-state index contributed by atoms with van der Waals surface area (Å²) in [5.74, 6) is 0.349. The van der Waals surface area contributed by atoms with Gasteiger partial charge in [-0.25, -0.2) is 4.98 Å². The highest BCUT2D eigenvalue weighted by Gasteiger charge is 2.48. The lowest BCUT2D eigenvalue weighted by atomic mass is 10.1. The standard InChI is InChI=1S/C22H24ClIN6O3S/c23-22-27-18(25-10-12-5-4-6-13(24)9-12)14-19(28-22)30(11-26-14)21-16(32)15(31)17(34-21)20(33)29-7-2-1-3-8-29/h4-6,9,11,15-17,21,31-32H,1-3,7-8,10H2,(H,25,27,28)/t15-,16+,17-,21+/m0/s1. The van der Waals surface area contributed by atoms with Crippen LogP contribution in [-0.4, -0.2) is 71.1 Å². The van der Waals surface area contributed by atoms with Crippen LogP contribution in [0.25, 0.3) is 11.2 Å². The number of anilines is 1. The fourth-order valence-electron chi connectivity index (χ4n) is 4.42. The van der Waals surface area contributed by atoms with Crippen molar-refractivity contribution in [3.05, 3.63) is 45.0 Å². The molecule has 34 heavy (non-hydrogen) atoms. The predicted molar refractivity (Wildman–Crippen MR) is 140 cm³/mol. The number of piperidine rings is 1. The number of hydrogen-bond acceptors (Lipinski definition) is 8. The Morgan fingerprint density at radius 1 is 1.21 bits per heavy atom. The van der Waals surface area contributed by atoms with Crippen molar-refractivity contribution in [2.75, 3.05) is 18.4 Å². The lowest BCUT2D eigenvalue weighted by Crippen LogP contribution is -2.45. The molecule has 2 aromatic heterocycles. The van der Waals surface area contributed by atoms with Crippen molar-refractivity contribution in [2.24, 2.45) is 0 Å². The van der Waals surface area contributed by atoms with Crippen LogP contribution in [-0.2, 0) is 11.3 Å². The van der Waals surface area contributed by atoms with Gasteiger partial charge in [0.2, 0.25) is 11.2 Å². The van der Waals surface area contributed by atoms with Crippen molar-refractivity contribution in [3.63, 3.8) is 0 Å². The summed E-state index contributed by atoms with van der Waals surface area (Å²) < 4.78 is 2.80. The maximum Gasteiger partial charge on any atom is 0.238 e. The molecule has 0 unspecified atom stereocenters. The van der Waals surface area contributed by atoms with Crippen LogP contribution in [0.5, 0.6) is 0 Å². The van der Waals surface area contributed by atoms with Crippen molar-refractivity contribution in [3.8, 4) is 0 Å². The fourth-order valence-corrected chi connectivity index (χ4v) is 6.69. The largest absolute Gasteiger partial charge is 0.389 e. The molecular formula is C22H24ClIN6O3S. The van der Waals surface area contributed by atoms with Crippen molar-refractivity contribution in [1.82, 2.24) is 24.4 Å². The third kappa shape index (κ3) is 4.72. The number of carbonyl (C=O) groups excluding carboxylic acids is 1. The molecule has 0 aliphatic carbocycles. The van der Waals surface area contributed by atoms with E-state index in [2.05, 4.69) is 48.9 Å². The third-order valence-corrected chi connectivity index (χ3v) is 8.57. The second-order valence-corrected chi connectivity index (χ2v) is 11.3. The average Bonchev–Trinajstić information content (AvgIpc) is 3.38. The monoisotopic (exact) mass is 614 g/mol. The van der Waals surface area contributed by atoms with Crippen molar-refractivity contribution >= 4 is 68.8 Å². The molecule has 0 spiro atoms. The predicted octanol–water partition coefficient (Wildman–Crippen LogP) is 3.04. The summed E-state index contributed by atoms with van der Waals surface area (Å²) in [6.45, 7) is 1.91. The molecule has 3 N–H and O–H groups in total. The number of nitrogens with one attached hydrogen (secondary N) is 1. The number of thioether (sulfide) groups is 1. The van der Waals surface area contributed by atoms with Gasteiger partial charge >= 0.3 is 0 Å². The smallest absolute Gasteiger partial charge is 0.238 e. The third-order valence-electron chi connectivity index (χ3n) is 6.17. The van der Waals surface area contributed by atoms with E-state index in [9.17, 15) is 15.0 Å². The maximum absolute atomic E-state index is 13.0. The van der Waals surface area contributed by atoms with Crippen LogP contribution in [0.1, 0.15) is 30.2 Å². The summed E-state index contributed by atoms with van der Waals surface area (Å²) in [6.07, 6.45) is 2.25. The van der Waals surface area contributed by atoms with Gasteiger partial charge in [-0.2, -0.15) is 9.97 Å². The van der Waals surface area contributed by atoms with Gasteiger partial charge in [-0.1, -0.05) is 12.1 Å². The molecule has 2 fully saturated rings. The molecule has 0 radical (unpaired) electrons. The Morgan fingerprint density at radius 3 is 2.76 bits per heavy atom. The van der Waals surface area contributed by atoms with Gasteiger partial charge in [0.1, 0.15) is 22.8 Å². The van der Waals surface area contributed by atoms with E-state index in [-0.39, 0.29) is 11.2 Å². The number of aliphatic hydroxyl groups excluding tert-OH is 2. The highest BCUT2D eigenvalue weighted by Crippen LogP contribution is 2.44. The summed E-state index contributed by atoms with van der Waals surface area (Å²) in [6, 6.07) is 8.09. The van der Waals surface area contributed by atoms with Gasteiger partial charge in [0, 0.05) is 23.2 Å². The Bertz CT molecular complexity index is 1210. The van der Waals surface area contributed by atoms with Crippen LogP contribution in [0, 0.1) is 3.57 Å². The average molecular weight is 615 g/mol. The topological polar surface area (TPSA) is 116 Å². The zero-order valence-electron chi connectivity index (χ0n) is 18.1. The number of aromatic nitrogens is 4. The molecule has 0 saturated carbocycles. The minimum atomic E-state index is -1.18. The molecule has 4 heterocycles. The van der Waals surface area contributed by atoms with E-state index in [0.717, 1.165) is 28.4 Å². The number of hydrogen-bond donors (Lipinski definition) is 3. The van der Waals surface area contributed by atoms with Crippen LogP contribution < -0.4 is 5.32 Å². The number of amides is 1. The summed E-state index contributed by atoms with van der Waals surface area (Å²) >= 11 is 9.72. The number of benzene rings is 1.